The van der Waals surface area contributed by atoms with Gasteiger partial charge in [0.05, 0.1) is 6.61 Å². The van der Waals surface area contributed by atoms with Crippen molar-refractivity contribution in [2.75, 3.05) is 13.7 Å². The van der Waals surface area contributed by atoms with Crippen LogP contribution in [0, 0.1) is 0 Å². The molecule has 1 saturated heterocycles. The minimum atomic E-state index is -1.17. The van der Waals surface area contributed by atoms with Gasteiger partial charge < -0.3 is 24.4 Å². The molecule has 1 heterocycles. The van der Waals surface area contributed by atoms with Gasteiger partial charge in [0.15, 0.2) is 12.4 Å². The Morgan fingerprint density at radius 2 is 2.14 bits per heavy atom. The van der Waals surface area contributed by atoms with Crippen molar-refractivity contribution in [2.45, 2.75) is 31.5 Å². The van der Waals surface area contributed by atoms with Crippen LogP contribution in [0.2, 0.25) is 0 Å². The third-order valence-electron chi connectivity index (χ3n) is 1.96. The summed E-state index contributed by atoms with van der Waals surface area (Å²) >= 11 is 0. The maximum atomic E-state index is 10.7. The molecule has 0 aromatic heterocycles. The number of methoxy groups -OCH3 is 1. The molecule has 6 nitrogen and oxygen atoms in total. The van der Waals surface area contributed by atoms with Crippen LogP contribution >= 0.6 is 0 Å². The largest absolute Gasteiger partial charge is 0.457 e. The molecule has 0 aromatic rings. The highest BCUT2D eigenvalue weighted by Gasteiger charge is 2.41. The Labute approximate surface area is 81.4 Å². The summed E-state index contributed by atoms with van der Waals surface area (Å²) in [6.07, 6.45) is -4.07. The summed E-state index contributed by atoms with van der Waals surface area (Å²) in [6.45, 7) is 1.17. The minimum absolute atomic E-state index is 0.0342. The van der Waals surface area contributed by atoms with Crippen LogP contribution < -0.4 is 0 Å². The van der Waals surface area contributed by atoms with Gasteiger partial charge in [-0.2, -0.15) is 0 Å². The first kappa shape index (κ1) is 11.4. The predicted octanol–water partition coefficient (Wildman–Crippen LogP) is -1.36. The summed E-state index contributed by atoms with van der Waals surface area (Å²) in [5, 5.41) is 18.9. The molecule has 0 radical (unpaired) electrons. The molecule has 1 aliphatic heterocycles. The average Bonchev–Trinajstić information content (AvgIpc) is 2.12. The highest BCUT2D eigenvalue weighted by atomic mass is 16.7. The molecule has 82 valence electrons. The normalized spacial score (nSPS) is 38.0. The van der Waals surface area contributed by atoms with E-state index < -0.39 is 30.6 Å². The van der Waals surface area contributed by atoms with Gasteiger partial charge in [0.1, 0.15) is 12.2 Å². The number of ether oxygens (including phenoxy) is 3. The molecule has 14 heavy (non-hydrogen) atoms. The van der Waals surface area contributed by atoms with Gasteiger partial charge in [-0.05, 0) is 0 Å². The van der Waals surface area contributed by atoms with Crippen molar-refractivity contribution in [2.24, 2.45) is 0 Å². The van der Waals surface area contributed by atoms with Crippen molar-refractivity contribution in [1.29, 1.82) is 0 Å². The van der Waals surface area contributed by atoms with Crippen molar-refractivity contribution < 1.29 is 29.2 Å². The summed E-state index contributed by atoms with van der Waals surface area (Å²) in [5.41, 5.74) is 0. The van der Waals surface area contributed by atoms with Crippen LogP contribution in [0.1, 0.15) is 6.92 Å². The second-order valence-corrected chi connectivity index (χ2v) is 3.07. The number of carbonyl (C=O) groups is 1. The van der Waals surface area contributed by atoms with E-state index in [1.54, 1.807) is 0 Å². The summed E-state index contributed by atoms with van der Waals surface area (Å²) in [5.74, 6) is -0.565. The SMILES string of the molecule is CO[C@H]1OC[C@H](O)[C@H](OC(C)=O)[C@H]1O. The van der Waals surface area contributed by atoms with Crippen LogP contribution in [0.25, 0.3) is 0 Å². The Bertz CT molecular complexity index is 206. The molecule has 6 heteroatoms. The number of carbonyl (C=O) groups excluding carboxylic acids is 1. The number of aliphatic hydroxyl groups is 2. The first-order valence-electron chi connectivity index (χ1n) is 4.24. The van der Waals surface area contributed by atoms with Crippen molar-refractivity contribution in [3.63, 3.8) is 0 Å². The summed E-state index contributed by atoms with van der Waals surface area (Å²) in [6, 6.07) is 0. The standard InChI is InChI=1S/C8H14O6/c1-4(9)14-7-5(10)3-13-8(12-2)6(7)11/h5-8,10-11H,3H2,1-2H3/t5-,6+,7-,8-/m0/s1. The molecule has 2 N–H and O–H groups in total. The van der Waals surface area contributed by atoms with E-state index in [-0.39, 0.29) is 6.61 Å². The Morgan fingerprint density at radius 3 is 2.64 bits per heavy atom. The predicted molar refractivity (Wildman–Crippen MR) is 44.3 cm³/mol. The van der Waals surface area contributed by atoms with E-state index in [2.05, 4.69) is 0 Å². The summed E-state index contributed by atoms with van der Waals surface area (Å²) in [7, 11) is 1.36. The third kappa shape index (κ3) is 2.42. The van der Waals surface area contributed by atoms with E-state index in [1.807, 2.05) is 0 Å². The van der Waals surface area contributed by atoms with Crippen LogP contribution in [0.15, 0.2) is 0 Å². The number of rotatable bonds is 2. The van der Waals surface area contributed by atoms with Gasteiger partial charge in [-0.25, -0.2) is 0 Å². The van der Waals surface area contributed by atoms with Crippen molar-refractivity contribution in [3.05, 3.63) is 0 Å². The summed E-state index contributed by atoms with van der Waals surface area (Å²) < 4.78 is 14.5. The van der Waals surface area contributed by atoms with Crippen molar-refractivity contribution in [3.8, 4) is 0 Å². The zero-order chi connectivity index (χ0) is 10.7. The zero-order valence-corrected chi connectivity index (χ0v) is 8.04. The maximum absolute atomic E-state index is 10.7. The summed E-state index contributed by atoms with van der Waals surface area (Å²) in [4.78, 5) is 10.7. The van der Waals surface area contributed by atoms with Crippen LogP contribution in [-0.4, -0.2) is 54.5 Å². The first-order valence-corrected chi connectivity index (χ1v) is 4.24. The molecule has 4 atom stereocenters. The molecule has 0 saturated carbocycles. The van der Waals surface area contributed by atoms with Gasteiger partial charge in [-0.1, -0.05) is 0 Å². The number of esters is 1. The average molecular weight is 206 g/mol. The molecule has 1 rings (SSSR count). The van der Waals surface area contributed by atoms with E-state index in [0.29, 0.717) is 0 Å². The number of aliphatic hydroxyl groups excluding tert-OH is 2. The molecule has 0 amide bonds. The van der Waals surface area contributed by atoms with Gasteiger partial charge in [-0.3, -0.25) is 4.79 Å². The van der Waals surface area contributed by atoms with E-state index >= 15 is 0 Å². The van der Waals surface area contributed by atoms with Crippen molar-refractivity contribution in [1.82, 2.24) is 0 Å². The van der Waals surface area contributed by atoms with Gasteiger partial charge in [0.25, 0.3) is 0 Å². The molecule has 0 unspecified atom stereocenters. The fourth-order valence-corrected chi connectivity index (χ4v) is 1.32. The van der Waals surface area contributed by atoms with Crippen LogP contribution in [-0.2, 0) is 19.0 Å². The van der Waals surface area contributed by atoms with Crippen molar-refractivity contribution >= 4 is 5.97 Å². The molecular weight excluding hydrogens is 192 g/mol. The Kier molecular flexibility index (Phi) is 3.82. The fraction of sp³-hybridized carbons (Fsp3) is 0.875. The van der Waals surface area contributed by atoms with Gasteiger partial charge in [-0.15, -0.1) is 0 Å². The lowest BCUT2D eigenvalue weighted by molar-refractivity contribution is -0.266. The molecule has 1 fully saturated rings. The third-order valence-corrected chi connectivity index (χ3v) is 1.96. The second-order valence-electron chi connectivity index (χ2n) is 3.07. The number of hydrogen-bond acceptors (Lipinski definition) is 6. The van der Waals surface area contributed by atoms with E-state index in [4.69, 9.17) is 14.2 Å². The topological polar surface area (TPSA) is 85.2 Å². The Hall–Kier alpha value is -0.690. The number of hydrogen-bond donors (Lipinski definition) is 2. The maximum Gasteiger partial charge on any atom is 0.303 e. The molecule has 0 aromatic carbocycles. The highest BCUT2D eigenvalue weighted by molar-refractivity contribution is 5.66. The second kappa shape index (κ2) is 4.70. The quantitative estimate of drug-likeness (QED) is 0.543. The monoisotopic (exact) mass is 206 g/mol. The molecule has 1 aliphatic rings. The smallest absolute Gasteiger partial charge is 0.303 e. The fourth-order valence-electron chi connectivity index (χ4n) is 1.32. The van der Waals surface area contributed by atoms with Gasteiger partial charge >= 0.3 is 5.97 Å². The molecule has 0 aliphatic carbocycles. The van der Waals surface area contributed by atoms with E-state index in [1.165, 1.54) is 14.0 Å². The lowest BCUT2D eigenvalue weighted by Gasteiger charge is -2.36. The Balaban J connectivity index is 2.63. The van der Waals surface area contributed by atoms with Crippen LogP contribution in [0.4, 0.5) is 0 Å². The molecular formula is C8H14O6. The van der Waals surface area contributed by atoms with Gasteiger partial charge in [0.2, 0.25) is 0 Å². The van der Waals surface area contributed by atoms with Crippen LogP contribution in [0.3, 0.4) is 0 Å². The molecule has 0 spiro atoms. The molecule has 0 bridgehead atoms. The lowest BCUT2D eigenvalue weighted by Crippen LogP contribution is -2.55. The Morgan fingerprint density at radius 1 is 1.50 bits per heavy atom. The van der Waals surface area contributed by atoms with Crippen LogP contribution in [0.5, 0.6) is 0 Å². The van der Waals surface area contributed by atoms with E-state index in [0.717, 1.165) is 0 Å². The lowest BCUT2D eigenvalue weighted by atomic mass is 10.1. The van der Waals surface area contributed by atoms with Gasteiger partial charge in [0, 0.05) is 14.0 Å². The highest BCUT2D eigenvalue weighted by Crippen LogP contribution is 2.18. The minimum Gasteiger partial charge on any atom is -0.457 e. The van der Waals surface area contributed by atoms with E-state index in [9.17, 15) is 15.0 Å². The first-order chi connectivity index (χ1) is 6.56. The zero-order valence-electron chi connectivity index (χ0n) is 8.04.